The second kappa shape index (κ2) is 7.60. The molecule has 0 spiro atoms. The molecular weight excluding hydrogens is 252 g/mol. The van der Waals surface area contributed by atoms with E-state index in [0.717, 1.165) is 17.8 Å². The Morgan fingerprint density at radius 3 is 2.65 bits per heavy atom. The van der Waals surface area contributed by atoms with Crippen LogP contribution in [0.3, 0.4) is 0 Å². The standard InChI is InChI=1S/C16H26N2O2/c1-13(2)15-10-14(12-19)11-16(17-15)20-9-8-18-6-4-3-5-7-18/h10-11,13,19H,3-9,12H2,1-2H3. The van der Waals surface area contributed by atoms with Gasteiger partial charge >= 0.3 is 0 Å². The maximum atomic E-state index is 9.31. The molecular formula is C16H26N2O2. The zero-order valence-electron chi connectivity index (χ0n) is 12.6. The largest absolute Gasteiger partial charge is 0.476 e. The van der Waals surface area contributed by atoms with Crippen LogP contribution in [-0.4, -0.2) is 41.2 Å². The maximum absolute atomic E-state index is 9.31. The van der Waals surface area contributed by atoms with Gasteiger partial charge < -0.3 is 9.84 Å². The third-order valence-corrected chi connectivity index (χ3v) is 3.76. The Kier molecular flexibility index (Phi) is 5.80. The summed E-state index contributed by atoms with van der Waals surface area (Å²) in [6.45, 7) is 8.23. The molecule has 1 aromatic rings. The Labute approximate surface area is 121 Å². The van der Waals surface area contributed by atoms with Gasteiger partial charge in [0.15, 0.2) is 0 Å². The normalized spacial score (nSPS) is 16.6. The summed E-state index contributed by atoms with van der Waals surface area (Å²) in [6, 6.07) is 3.78. The van der Waals surface area contributed by atoms with Gasteiger partial charge in [0.2, 0.25) is 5.88 Å². The van der Waals surface area contributed by atoms with Crippen molar-refractivity contribution in [3.05, 3.63) is 23.4 Å². The first-order valence-corrected chi connectivity index (χ1v) is 7.66. The zero-order chi connectivity index (χ0) is 14.4. The summed E-state index contributed by atoms with van der Waals surface area (Å²) in [7, 11) is 0. The van der Waals surface area contributed by atoms with E-state index in [9.17, 15) is 5.11 Å². The Hall–Kier alpha value is -1.13. The van der Waals surface area contributed by atoms with Crippen molar-refractivity contribution in [3.8, 4) is 5.88 Å². The lowest BCUT2D eigenvalue weighted by atomic mass is 10.1. The molecule has 2 rings (SSSR count). The van der Waals surface area contributed by atoms with Crippen LogP contribution in [0.2, 0.25) is 0 Å². The van der Waals surface area contributed by atoms with Crippen LogP contribution in [0.4, 0.5) is 0 Å². The SMILES string of the molecule is CC(C)c1cc(CO)cc(OCCN2CCCCC2)n1. The van der Waals surface area contributed by atoms with E-state index in [1.165, 1.54) is 32.4 Å². The number of likely N-dealkylation sites (tertiary alicyclic amines) is 1. The van der Waals surface area contributed by atoms with Crippen LogP contribution in [0.5, 0.6) is 5.88 Å². The van der Waals surface area contributed by atoms with E-state index in [-0.39, 0.29) is 6.61 Å². The van der Waals surface area contributed by atoms with Gasteiger partial charge in [0.1, 0.15) is 6.61 Å². The predicted octanol–water partition coefficient (Wildman–Crippen LogP) is 2.56. The van der Waals surface area contributed by atoms with Gasteiger partial charge in [0.25, 0.3) is 0 Å². The number of aliphatic hydroxyl groups is 1. The minimum atomic E-state index is 0.0325. The highest BCUT2D eigenvalue weighted by Gasteiger charge is 2.11. The fourth-order valence-electron chi connectivity index (χ4n) is 2.51. The summed E-state index contributed by atoms with van der Waals surface area (Å²) in [6.07, 6.45) is 3.96. The molecule has 112 valence electrons. The number of pyridine rings is 1. The quantitative estimate of drug-likeness (QED) is 0.868. The Morgan fingerprint density at radius 1 is 1.25 bits per heavy atom. The minimum Gasteiger partial charge on any atom is -0.476 e. The molecule has 1 aromatic heterocycles. The molecule has 1 saturated heterocycles. The van der Waals surface area contributed by atoms with Crippen molar-refractivity contribution in [2.45, 2.75) is 45.6 Å². The topological polar surface area (TPSA) is 45.6 Å². The summed E-state index contributed by atoms with van der Waals surface area (Å²) in [5.41, 5.74) is 1.85. The Balaban J connectivity index is 1.89. The monoisotopic (exact) mass is 278 g/mol. The highest BCUT2D eigenvalue weighted by molar-refractivity contribution is 5.26. The van der Waals surface area contributed by atoms with Crippen LogP contribution >= 0.6 is 0 Å². The number of aromatic nitrogens is 1. The molecule has 4 nitrogen and oxygen atoms in total. The van der Waals surface area contributed by atoms with Crippen LogP contribution in [0.25, 0.3) is 0 Å². The van der Waals surface area contributed by atoms with Crippen molar-refractivity contribution in [3.63, 3.8) is 0 Å². The molecule has 4 heteroatoms. The van der Waals surface area contributed by atoms with Gasteiger partial charge in [-0.3, -0.25) is 4.90 Å². The highest BCUT2D eigenvalue weighted by Crippen LogP contribution is 2.19. The van der Waals surface area contributed by atoms with Gasteiger partial charge in [-0.1, -0.05) is 20.3 Å². The molecule has 1 aliphatic heterocycles. The van der Waals surface area contributed by atoms with Gasteiger partial charge in [0.05, 0.1) is 6.61 Å². The molecule has 0 atom stereocenters. The first kappa shape index (κ1) is 15.3. The van der Waals surface area contributed by atoms with E-state index in [1.807, 2.05) is 12.1 Å². The first-order chi connectivity index (χ1) is 9.69. The van der Waals surface area contributed by atoms with E-state index < -0.39 is 0 Å². The van der Waals surface area contributed by atoms with Gasteiger partial charge in [-0.15, -0.1) is 0 Å². The number of piperidine rings is 1. The number of ether oxygens (including phenoxy) is 1. The van der Waals surface area contributed by atoms with Crippen LogP contribution in [0, 0.1) is 0 Å². The van der Waals surface area contributed by atoms with Crippen molar-refractivity contribution in [2.75, 3.05) is 26.2 Å². The van der Waals surface area contributed by atoms with E-state index in [4.69, 9.17) is 4.74 Å². The van der Waals surface area contributed by atoms with Gasteiger partial charge in [-0.2, -0.15) is 0 Å². The average molecular weight is 278 g/mol. The molecule has 2 heterocycles. The molecule has 0 saturated carbocycles. The molecule has 0 amide bonds. The maximum Gasteiger partial charge on any atom is 0.213 e. The minimum absolute atomic E-state index is 0.0325. The lowest BCUT2D eigenvalue weighted by Gasteiger charge is -2.26. The molecule has 20 heavy (non-hydrogen) atoms. The van der Waals surface area contributed by atoms with Gasteiger partial charge in [0, 0.05) is 18.3 Å². The van der Waals surface area contributed by atoms with E-state index in [1.54, 1.807) is 0 Å². The Bertz CT molecular complexity index is 415. The highest BCUT2D eigenvalue weighted by atomic mass is 16.5. The summed E-state index contributed by atoms with van der Waals surface area (Å²) < 4.78 is 5.78. The van der Waals surface area contributed by atoms with Crippen molar-refractivity contribution in [1.29, 1.82) is 0 Å². The number of nitrogens with zero attached hydrogens (tertiary/aromatic N) is 2. The lowest BCUT2D eigenvalue weighted by molar-refractivity contribution is 0.180. The van der Waals surface area contributed by atoms with E-state index >= 15 is 0 Å². The molecule has 0 unspecified atom stereocenters. The number of rotatable bonds is 6. The second-order valence-corrected chi connectivity index (χ2v) is 5.80. The second-order valence-electron chi connectivity index (χ2n) is 5.80. The van der Waals surface area contributed by atoms with E-state index in [0.29, 0.717) is 18.4 Å². The molecule has 1 aliphatic rings. The fraction of sp³-hybridized carbons (Fsp3) is 0.688. The average Bonchev–Trinajstić information content (AvgIpc) is 2.48. The zero-order valence-corrected chi connectivity index (χ0v) is 12.6. The molecule has 0 aliphatic carbocycles. The van der Waals surface area contributed by atoms with Crippen molar-refractivity contribution >= 4 is 0 Å². The number of hydrogen-bond acceptors (Lipinski definition) is 4. The van der Waals surface area contributed by atoms with Crippen molar-refractivity contribution in [2.24, 2.45) is 0 Å². The number of hydrogen-bond donors (Lipinski definition) is 1. The first-order valence-electron chi connectivity index (χ1n) is 7.66. The van der Waals surface area contributed by atoms with Gasteiger partial charge in [-0.25, -0.2) is 4.98 Å². The van der Waals surface area contributed by atoms with Crippen LogP contribution < -0.4 is 4.74 Å². The Morgan fingerprint density at radius 2 is 2.00 bits per heavy atom. The summed E-state index contributed by atoms with van der Waals surface area (Å²) >= 11 is 0. The van der Waals surface area contributed by atoms with Crippen LogP contribution in [0.1, 0.15) is 50.3 Å². The molecule has 1 N–H and O–H groups in total. The predicted molar refractivity (Wildman–Crippen MR) is 80.0 cm³/mol. The third-order valence-electron chi connectivity index (χ3n) is 3.76. The fourth-order valence-corrected chi connectivity index (χ4v) is 2.51. The summed E-state index contributed by atoms with van der Waals surface area (Å²) in [4.78, 5) is 6.96. The van der Waals surface area contributed by atoms with Crippen molar-refractivity contribution < 1.29 is 9.84 Å². The molecule has 0 aromatic carbocycles. The summed E-state index contributed by atoms with van der Waals surface area (Å²) in [5, 5.41) is 9.31. The lowest BCUT2D eigenvalue weighted by Crippen LogP contribution is -2.33. The van der Waals surface area contributed by atoms with E-state index in [2.05, 4.69) is 23.7 Å². The van der Waals surface area contributed by atoms with Gasteiger partial charge in [-0.05, 0) is 43.5 Å². The van der Waals surface area contributed by atoms with Crippen LogP contribution in [-0.2, 0) is 6.61 Å². The van der Waals surface area contributed by atoms with Crippen molar-refractivity contribution in [1.82, 2.24) is 9.88 Å². The molecule has 1 fully saturated rings. The number of aliphatic hydroxyl groups excluding tert-OH is 1. The molecule has 0 bridgehead atoms. The molecule has 0 radical (unpaired) electrons. The smallest absolute Gasteiger partial charge is 0.213 e. The van der Waals surface area contributed by atoms with Crippen LogP contribution in [0.15, 0.2) is 12.1 Å². The third kappa shape index (κ3) is 4.46. The summed E-state index contributed by atoms with van der Waals surface area (Å²) in [5.74, 6) is 0.975.